The van der Waals surface area contributed by atoms with E-state index in [2.05, 4.69) is 12.2 Å². The van der Waals surface area contributed by atoms with E-state index < -0.39 is 5.60 Å². The Bertz CT molecular complexity index is 285. The maximum atomic E-state index is 11.4. The number of aliphatic hydroxyl groups is 1. The highest BCUT2D eigenvalue weighted by Crippen LogP contribution is 2.33. The number of carbonyl (C=O) groups is 1. The van der Waals surface area contributed by atoms with Gasteiger partial charge in [0.05, 0.1) is 18.6 Å². The van der Waals surface area contributed by atoms with Crippen LogP contribution in [0.5, 0.6) is 0 Å². The summed E-state index contributed by atoms with van der Waals surface area (Å²) in [5.41, 5.74) is -0.601. The molecule has 0 spiro atoms. The predicted molar refractivity (Wildman–Crippen MR) is 75.8 cm³/mol. The number of ether oxygens (including phenoxy) is 1. The molecule has 0 amide bonds. The number of nitrogens with one attached hydrogen (secondary N) is 1. The van der Waals surface area contributed by atoms with E-state index in [4.69, 9.17) is 4.74 Å². The van der Waals surface area contributed by atoms with Gasteiger partial charge in [0.1, 0.15) is 0 Å². The smallest absolute Gasteiger partial charge is 0.309 e. The molecule has 4 nitrogen and oxygen atoms in total. The normalized spacial score (nSPS) is 30.7. The zero-order chi connectivity index (χ0) is 14.5. The summed E-state index contributed by atoms with van der Waals surface area (Å²) in [6, 6.07) is 0.0142. The third-order valence-electron chi connectivity index (χ3n) is 4.69. The van der Waals surface area contributed by atoms with Crippen molar-refractivity contribution in [1.29, 1.82) is 0 Å². The topological polar surface area (TPSA) is 58.6 Å². The van der Waals surface area contributed by atoms with Gasteiger partial charge in [-0.15, -0.1) is 0 Å². The average Bonchev–Trinajstić information content (AvgIpc) is 2.44. The molecular weight excluding hydrogens is 242 g/mol. The second-order valence-electron chi connectivity index (χ2n) is 6.06. The van der Waals surface area contributed by atoms with E-state index in [1.807, 2.05) is 13.8 Å². The van der Waals surface area contributed by atoms with Crippen LogP contribution in [0, 0.1) is 11.8 Å². The molecule has 2 N–H and O–H groups in total. The average molecular weight is 271 g/mol. The molecule has 0 aromatic heterocycles. The van der Waals surface area contributed by atoms with Gasteiger partial charge >= 0.3 is 5.97 Å². The lowest BCUT2D eigenvalue weighted by Gasteiger charge is -2.37. The maximum Gasteiger partial charge on any atom is 0.309 e. The molecule has 1 fully saturated rings. The van der Waals surface area contributed by atoms with Crippen molar-refractivity contribution >= 4 is 5.97 Å². The quantitative estimate of drug-likeness (QED) is 0.726. The first-order valence-electron chi connectivity index (χ1n) is 7.45. The second kappa shape index (κ2) is 7.25. The highest BCUT2D eigenvalue weighted by Gasteiger charge is 2.33. The van der Waals surface area contributed by atoms with Crippen LogP contribution in [0.3, 0.4) is 0 Å². The summed E-state index contributed by atoms with van der Waals surface area (Å²) in [6.45, 7) is 6.59. The van der Waals surface area contributed by atoms with E-state index in [1.54, 1.807) is 0 Å². The molecular formula is C15H29NO3. The summed E-state index contributed by atoms with van der Waals surface area (Å²) >= 11 is 0. The van der Waals surface area contributed by atoms with Crippen molar-refractivity contribution in [3.8, 4) is 0 Å². The zero-order valence-corrected chi connectivity index (χ0v) is 12.7. The van der Waals surface area contributed by atoms with Gasteiger partial charge in [0.15, 0.2) is 0 Å². The molecule has 0 saturated heterocycles. The summed E-state index contributed by atoms with van der Waals surface area (Å²) < 4.78 is 4.74. The molecule has 19 heavy (non-hydrogen) atoms. The van der Waals surface area contributed by atoms with E-state index in [1.165, 1.54) is 13.5 Å². The highest BCUT2D eigenvalue weighted by atomic mass is 16.5. The third kappa shape index (κ3) is 4.77. The number of rotatable bonds is 6. The molecule has 2 atom stereocenters. The number of methoxy groups -OCH3 is 1. The Morgan fingerprint density at radius 3 is 2.47 bits per heavy atom. The molecule has 0 radical (unpaired) electrons. The first-order valence-corrected chi connectivity index (χ1v) is 7.45. The Balaban J connectivity index is 2.37. The summed E-state index contributed by atoms with van der Waals surface area (Å²) in [7, 11) is 1.41. The molecule has 2 unspecified atom stereocenters. The molecule has 1 saturated carbocycles. The Morgan fingerprint density at radius 2 is 2.00 bits per heavy atom. The SMILES string of the molecule is CCC1CCC(O)(CNC(C)C(C)C(=O)OC)CC1. The van der Waals surface area contributed by atoms with Crippen LogP contribution >= 0.6 is 0 Å². The lowest BCUT2D eigenvalue weighted by Crippen LogP contribution is -2.48. The van der Waals surface area contributed by atoms with Crippen LogP contribution in [0.4, 0.5) is 0 Å². The summed E-state index contributed by atoms with van der Waals surface area (Å²) in [4.78, 5) is 11.4. The van der Waals surface area contributed by atoms with E-state index in [0.29, 0.717) is 6.54 Å². The molecule has 1 aliphatic rings. The van der Waals surface area contributed by atoms with Crippen LogP contribution in [0.25, 0.3) is 0 Å². The van der Waals surface area contributed by atoms with E-state index in [9.17, 15) is 9.90 Å². The van der Waals surface area contributed by atoms with Crippen molar-refractivity contribution in [2.45, 2.75) is 64.5 Å². The fraction of sp³-hybridized carbons (Fsp3) is 0.933. The molecule has 1 aliphatic carbocycles. The van der Waals surface area contributed by atoms with Gasteiger partial charge in [-0.3, -0.25) is 4.79 Å². The van der Waals surface area contributed by atoms with Gasteiger partial charge in [-0.05, 0) is 38.5 Å². The molecule has 1 rings (SSSR count). The Labute approximate surface area is 116 Å². The lowest BCUT2D eigenvalue weighted by molar-refractivity contribution is -0.145. The molecule has 112 valence electrons. The van der Waals surface area contributed by atoms with Crippen LogP contribution in [-0.2, 0) is 9.53 Å². The van der Waals surface area contributed by atoms with Crippen LogP contribution in [0.2, 0.25) is 0 Å². The minimum absolute atomic E-state index is 0.0142. The first-order chi connectivity index (χ1) is 8.91. The second-order valence-corrected chi connectivity index (χ2v) is 6.06. The first kappa shape index (κ1) is 16.4. The maximum absolute atomic E-state index is 11.4. The van der Waals surface area contributed by atoms with E-state index >= 15 is 0 Å². The fourth-order valence-corrected chi connectivity index (χ4v) is 2.72. The Hall–Kier alpha value is -0.610. The van der Waals surface area contributed by atoms with Gasteiger partial charge in [0.2, 0.25) is 0 Å². The molecule has 0 aromatic carbocycles. The largest absolute Gasteiger partial charge is 0.469 e. The standard InChI is InChI=1S/C15H29NO3/c1-5-13-6-8-15(18,9-7-13)10-16-12(3)11(2)14(17)19-4/h11-13,16,18H,5-10H2,1-4H3. The molecule has 0 aliphatic heterocycles. The summed E-state index contributed by atoms with van der Waals surface area (Å²) in [5.74, 6) is 0.369. The van der Waals surface area contributed by atoms with Crippen molar-refractivity contribution in [2.75, 3.05) is 13.7 Å². The number of carbonyl (C=O) groups excluding carboxylic acids is 1. The van der Waals surface area contributed by atoms with Crippen molar-refractivity contribution in [3.63, 3.8) is 0 Å². The highest BCUT2D eigenvalue weighted by molar-refractivity contribution is 5.72. The van der Waals surface area contributed by atoms with Crippen molar-refractivity contribution in [2.24, 2.45) is 11.8 Å². The van der Waals surface area contributed by atoms with Gasteiger partial charge < -0.3 is 15.2 Å². The van der Waals surface area contributed by atoms with Crippen LogP contribution < -0.4 is 5.32 Å². The lowest BCUT2D eigenvalue weighted by atomic mass is 9.77. The van der Waals surface area contributed by atoms with Gasteiger partial charge in [-0.2, -0.15) is 0 Å². The Kier molecular flexibility index (Phi) is 6.27. The number of hydrogen-bond donors (Lipinski definition) is 2. The van der Waals surface area contributed by atoms with Crippen molar-refractivity contribution in [1.82, 2.24) is 5.32 Å². The van der Waals surface area contributed by atoms with E-state index in [-0.39, 0.29) is 17.9 Å². The minimum atomic E-state index is -0.601. The van der Waals surface area contributed by atoms with Crippen LogP contribution in [0.15, 0.2) is 0 Å². The third-order valence-corrected chi connectivity index (χ3v) is 4.69. The van der Waals surface area contributed by atoms with Crippen LogP contribution in [-0.4, -0.2) is 36.4 Å². The summed E-state index contributed by atoms with van der Waals surface area (Å²) in [5, 5.41) is 13.8. The van der Waals surface area contributed by atoms with Crippen LogP contribution in [0.1, 0.15) is 52.9 Å². The van der Waals surface area contributed by atoms with Gasteiger partial charge in [0.25, 0.3) is 0 Å². The number of hydrogen-bond acceptors (Lipinski definition) is 4. The van der Waals surface area contributed by atoms with Crippen molar-refractivity contribution < 1.29 is 14.6 Å². The monoisotopic (exact) mass is 271 g/mol. The fourth-order valence-electron chi connectivity index (χ4n) is 2.72. The molecule has 0 aromatic rings. The summed E-state index contributed by atoms with van der Waals surface area (Å²) in [6.07, 6.45) is 5.14. The Morgan fingerprint density at radius 1 is 1.42 bits per heavy atom. The molecule has 0 bridgehead atoms. The van der Waals surface area contributed by atoms with E-state index in [0.717, 1.165) is 31.6 Å². The van der Waals surface area contributed by atoms with Crippen molar-refractivity contribution in [3.05, 3.63) is 0 Å². The van der Waals surface area contributed by atoms with Gasteiger partial charge in [0, 0.05) is 12.6 Å². The minimum Gasteiger partial charge on any atom is -0.469 e. The predicted octanol–water partition coefficient (Wildman–Crippen LogP) is 2.10. The molecule has 0 heterocycles. The number of esters is 1. The van der Waals surface area contributed by atoms with Gasteiger partial charge in [-0.1, -0.05) is 20.3 Å². The zero-order valence-electron chi connectivity index (χ0n) is 12.7. The van der Waals surface area contributed by atoms with Gasteiger partial charge in [-0.25, -0.2) is 0 Å². The molecule has 4 heteroatoms.